The van der Waals surface area contributed by atoms with Crippen LogP contribution >= 0.6 is 0 Å². The van der Waals surface area contributed by atoms with E-state index in [-0.39, 0.29) is 5.91 Å². The highest BCUT2D eigenvalue weighted by Gasteiger charge is 2.33. The molecule has 0 saturated heterocycles. The average Bonchev–Trinajstić information content (AvgIpc) is 2.47. The number of nitrogens with zero attached hydrogens (tertiary/aromatic N) is 1. The number of amides is 1. The fraction of sp³-hybridized carbons (Fsp3) is 0.562. The van der Waals surface area contributed by atoms with Crippen LogP contribution < -0.4 is 0 Å². The van der Waals surface area contributed by atoms with Crippen LogP contribution in [0.1, 0.15) is 19.4 Å². The molecular weight excluding hydrogens is 254 g/mol. The molecule has 0 unspecified atom stereocenters. The first kappa shape index (κ1) is 16.7. The molecule has 0 radical (unpaired) electrons. The Labute approximate surface area is 121 Å². The quantitative estimate of drug-likeness (QED) is 0.731. The zero-order valence-corrected chi connectivity index (χ0v) is 12.9. The standard InChI is InChI=1S/C16H25NO3/c1-16(2,14-8-6-5-7-9-14)15(18)17(10-12-19-3)11-13-20-4/h5-9H,10-13H2,1-4H3. The van der Waals surface area contributed by atoms with Crippen molar-refractivity contribution in [3.05, 3.63) is 35.9 Å². The van der Waals surface area contributed by atoms with E-state index in [9.17, 15) is 4.79 Å². The van der Waals surface area contributed by atoms with Crippen molar-refractivity contribution in [3.63, 3.8) is 0 Å². The highest BCUT2D eigenvalue weighted by Crippen LogP contribution is 2.25. The molecule has 4 nitrogen and oxygen atoms in total. The molecule has 0 heterocycles. The summed E-state index contributed by atoms with van der Waals surface area (Å²) in [5.74, 6) is 0.0952. The summed E-state index contributed by atoms with van der Waals surface area (Å²) in [7, 11) is 3.28. The van der Waals surface area contributed by atoms with Crippen LogP contribution in [0.2, 0.25) is 0 Å². The van der Waals surface area contributed by atoms with Crippen LogP contribution in [0.5, 0.6) is 0 Å². The van der Waals surface area contributed by atoms with Gasteiger partial charge in [0.05, 0.1) is 18.6 Å². The minimum atomic E-state index is -0.553. The summed E-state index contributed by atoms with van der Waals surface area (Å²) >= 11 is 0. The first-order valence-electron chi connectivity index (χ1n) is 6.86. The van der Waals surface area contributed by atoms with Gasteiger partial charge in [-0.2, -0.15) is 0 Å². The van der Waals surface area contributed by atoms with Gasteiger partial charge in [-0.1, -0.05) is 30.3 Å². The third kappa shape index (κ3) is 4.32. The molecule has 20 heavy (non-hydrogen) atoms. The molecule has 112 valence electrons. The second-order valence-corrected chi connectivity index (χ2v) is 5.27. The molecule has 0 spiro atoms. The van der Waals surface area contributed by atoms with Crippen molar-refractivity contribution in [1.82, 2.24) is 4.90 Å². The first-order valence-corrected chi connectivity index (χ1v) is 6.86. The molecule has 0 aliphatic carbocycles. The lowest BCUT2D eigenvalue weighted by Gasteiger charge is -2.32. The fourth-order valence-electron chi connectivity index (χ4n) is 2.09. The highest BCUT2D eigenvalue weighted by molar-refractivity contribution is 5.87. The molecule has 0 aromatic heterocycles. The fourth-order valence-corrected chi connectivity index (χ4v) is 2.09. The largest absolute Gasteiger partial charge is 0.383 e. The van der Waals surface area contributed by atoms with Crippen molar-refractivity contribution in [2.45, 2.75) is 19.3 Å². The van der Waals surface area contributed by atoms with Gasteiger partial charge in [-0.05, 0) is 19.4 Å². The van der Waals surface area contributed by atoms with E-state index >= 15 is 0 Å². The Morgan fingerprint density at radius 1 is 1.05 bits per heavy atom. The Balaban J connectivity index is 2.86. The van der Waals surface area contributed by atoms with Gasteiger partial charge in [0.25, 0.3) is 0 Å². The Bertz CT molecular complexity index is 395. The Morgan fingerprint density at radius 3 is 2.00 bits per heavy atom. The lowest BCUT2D eigenvalue weighted by molar-refractivity contribution is -0.137. The van der Waals surface area contributed by atoms with E-state index in [2.05, 4.69) is 0 Å². The number of carbonyl (C=O) groups is 1. The number of hydrogen-bond acceptors (Lipinski definition) is 3. The van der Waals surface area contributed by atoms with Gasteiger partial charge >= 0.3 is 0 Å². The van der Waals surface area contributed by atoms with Crippen LogP contribution in [-0.4, -0.2) is 51.3 Å². The van der Waals surface area contributed by atoms with Crippen LogP contribution in [0.3, 0.4) is 0 Å². The topological polar surface area (TPSA) is 38.8 Å². The maximum atomic E-state index is 12.8. The molecule has 0 saturated carbocycles. The third-order valence-electron chi connectivity index (χ3n) is 3.45. The molecule has 1 aromatic carbocycles. The summed E-state index contributed by atoms with van der Waals surface area (Å²) < 4.78 is 10.2. The minimum Gasteiger partial charge on any atom is -0.383 e. The summed E-state index contributed by atoms with van der Waals surface area (Å²) in [4.78, 5) is 14.6. The molecule has 1 rings (SSSR count). The van der Waals surface area contributed by atoms with Gasteiger partial charge in [0.1, 0.15) is 0 Å². The number of hydrogen-bond donors (Lipinski definition) is 0. The molecule has 0 aliphatic rings. The molecule has 0 bridgehead atoms. The van der Waals surface area contributed by atoms with E-state index in [0.29, 0.717) is 26.3 Å². The second-order valence-electron chi connectivity index (χ2n) is 5.27. The van der Waals surface area contributed by atoms with Crippen LogP contribution in [0.25, 0.3) is 0 Å². The Kier molecular flexibility index (Phi) is 6.68. The monoisotopic (exact) mass is 279 g/mol. The summed E-state index contributed by atoms with van der Waals surface area (Å²) in [5, 5.41) is 0. The number of benzene rings is 1. The van der Waals surface area contributed by atoms with Gasteiger partial charge in [0.15, 0.2) is 0 Å². The van der Waals surface area contributed by atoms with Gasteiger partial charge in [0, 0.05) is 27.3 Å². The number of rotatable bonds is 8. The average molecular weight is 279 g/mol. The normalized spacial score (nSPS) is 11.4. The minimum absolute atomic E-state index is 0.0952. The summed E-state index contributed by atoms with van der Waals surface area (Å²) in [6, 6.07) is 9.85. The summed E-state index contributed by atoms with van der Waals surface area (Å²) in [6.45, 7) is 6.12. The molecule has 0 atom stereocenters. The maximum Gasteiger partial charge on any atom is 0.232 e. The maximum absolute atomic E-state index is 12.8. The predicted octanol–water partition coefficient (Wildman–Crippen LogP) is 2.09. The molecule has 1 aromatic rings. The predicted molar refractivity (Wildman–Crippen MR) is 79.8 cm³/mol. The van der Waals surface area contributed by atoms with Crippen LogP contribution in [0.4, 0.5) is 0 Å². The van der Waals surface area contributed by atoms with Crippen LogP contribution in [-0.2, 0) is 19.7 Å². The van der Waals surface area contributed by atoms with Crippen molar-refractivity contribution in [3.8, 4) is 0 Å². The van der Waals surface area contributed by atoms with Gasteiger partial charge in [-0.15, -0.1) is 0 Å². The molecule has 0 N–H and O–H groups in total. The molecule has 0 fully saturated rings. The van der Waals surface area contributed by atoms with Gasteiger partial charge in [0.2, 0.25) is 5.91 Å². The van der Waals surface area contributed by atoms with Crippen molar-refractivity contribution in [2.24, 2.45) is 0 Å². The lowest BCUT2D eigenvalue weighted by atomic mass is 9.83. The third-order valence-corrected chi connectivity index (χ3v) is 3.45. The van der Waals surface area contributed by atoms with E-state index in [0.717, 1.165) is 5.56 Å². The SMILES string of the molecule is COCCN(CCOC)C(=O)C(C)(C)c1ccccc1. The zero-order chi connectivity index (χ0) is 15.0. The first-order chi connectivity index (χ1) is 9.54. The van der Waals surface area contributed by atoms with E-state index < -0.39 is 5.41 Å². The number of ether oxygens (including phenoxy) is 2. The van der Waals surface area contributed by atoms with Crippen molar-refractivity contribution in [2.75, 3.05) is 40.5 Å². The van der Waals surface area contributed by atoms with Crippen molar-refractivity contribution >= 4 is 5.91 Å². The Hall–Kier alpha value is -1.39. The smallest absolute Gasteiger partial charge is 0.232 e. The number of carbonyl (C=O) groups excluding carboxylic acids is 1. The van der Waals surface area contributed by atoms with Gasteiger partial charge in [-0.3, -0.25) is 4.79 Å². The molecule has 1 amide bonds. The second kappa shape index (κ2) is 8.02. The molecule has 4 heteroatoms. The van der Waals surface area contributed by atoms with Crippen molar-refractivity contribution < 1.29 is 14.3 Å². The lowest BCUT2D eigenvalue weighted by Crippen LogP contribution is -2.46. The van der Waals surface area contributed by atoms with Crippen LogP contribution in [0, 0.1) is 0 Å². The van der Waals surface area contributed by atoms with Gasteiger partial charge in [-0.25, -0.2) is 0 Å². The van der Waals surface area contributed by atoms with Gasteiger partial charge < -0.3 is 14.4 Å². The number of methoxy groups -OCH3 is 2. The van der Waals surface area contributed by atoms with E-state index in [1.54, 1.807) is 19.1 Å². The Morgan fingerprint density at radius 2 is 1.55 bits per heavy atom. The molecule has 0 aliphatic heterocycles. The molecular formula is C16H25NO3. The van der Waals surface area contributed by atoms with E-state index in [1.807, 2.05) is 44.2 Å². The van der Waals surface area contributed by atoms with E-state index in [4.69, 9.17) is 9.47 Å². The highest BCUT2D eigenvalue weighted by atomic mass is 16.5. The summed E-state index contributed by atoms with van der Waals surface area (Å²) in [6.07, 6.45) is 0. The van der Waals surface area contributed by atoms with Crippen LogP contribution in [0.15, 0.2) is 30.3 Å². The van der Waals surface area contributed by atoms with E-state index in [1.165, 1.54) is 0 Å². The zero-order valence-electron chi connectivity index (χ0n) is 12.9. The van der Waals surface area contributed by atoms with Crippen molar-refractivity contribution in [1.29, 1.82) is 0 Å². The summed E-state index contributed by atoms with van der Waals surface area (Å²) in [5.41, 5.74) is 0.466.